The molecule has 0 radical (unpaired) electrons. The number of anilines is 2. The molecule has 0 fully saturated rings. The Balaban J connectivity index is 2.32. The van der Waals surface area contributed by atoms with E-state index in [2.05, 4.69) is 14.5 Å². The molecule has 11 heteroatoms. The first-order chi connectivity index (χ1) is 8.79. The lowest BCUT2D eigenvalue weighted by Gasteiger charge is -2.10. The Bertz CT molecular complexity index is 479. The summed E-state index contributed by atoms with van der Waals surface area (Å²) in [6, 6.07) is 0. The topological polar surface area (TPSA) is 163 Å². The maximum absolute atomic E-state index is 10.3. The van der Waals surface area contributed by atoms with Crippen molar-refractivity contribution >= 4 is 19.6 Å². The number of nitrogen functional groups attached to an aromatic ring is 2. The van der Waals surface area contributed by atoms with Gasteiger partial charge >= 0.3 is 7.82 Å². The van der Waals surface area contributed by atoms with E-state index in [0.29, 0.717) is 5.56 Å². The molecule has 0 saturated carbocycles. The first kappa shape index (κ1) is 15.6. The molecular formula is C8H15N4O6P. The standard InChI is InChI=1S/C8H15N4O6P/c1-5-6(9)11-8(10)12-7(5)17-3-2-16-4-18-19(13,14)15/h2-4H2,1H3,(H2,13,14,15)(H4,9,10,11,12). The molecule has 19 heavy (non-hydrogen) atoms. The minimum atomic E-state index is -4.51. The zero-order valence-corrected chi connectivity index (χ0v) is 11.0. The van der Waals surface area contributed by atoms with E-state index in [4.69, 9.17) is 30.7 Å². The first-order valence-corrected chi connectivity index (χ1v) is 6.63. The van der Waals surface area contributed by atoms with E-state index in [9.17, 15) is 4.57 Å². The molecule has 0 aliphatic carbocycles. The van der Waals surface area contributed by atoms with Gasteiger partial charge in [0.15, 0.2) is 6.79 Å². The fraction of sp³-hybridized carbons (Fsp3) is 0.500. The van der Waals surface area contributed by atoms with Gasteiger partial charge in [-0.3, -0.25) is 4.52 Å². The minimum absolute atomic E-state index is 0.0103. The Morgan fingerprint density at radius 2 is 1.95 bits per heavy atom. The molecule has 0 bridgehead atoms. The predicted octanol–water partition coefficient (Wildman–Crippen LogP) is -0.588. The Morgan fingerprint density at radius 3 is 2.58 bits per heavy atom. The third-order valence-corrected chi connectivity index (χ3v) is 2.37. The molecule has 0 spiro atoms. The number of hydrogen-bond donors (Lipinski definition) is 4. The molecule has 10 nitrogen and oxygen atoms in total. The van der Waals surface area contributed by atoms with Crippen molar-refractivity contribution < 1.29 is 28.3 Å². The summed E-state index contributed by atoms with van der Waals surface area (Å²) in [5.74, 6) is 0.432. The number of rotatable bonds is 7. The van der Waals surface area contributed by atoms with Crippen LogP contribution < -0.4 is 16.2 Å². The number of phosphoric ester groups is 1. The van der Waals surface area contributed by atoms with E-state index in [1.165, 1.54) is 0 Å². The highest BCUT2D eigenvalue weighted by molar-refractivity contribution is 7.46. The zero-order chi connectivity index (χ0) is 14.5. The second-order valence-corrected chi connectivity index (χ2v) is 4.63. The normalized spacial score (nSPS) is 11.5. The van der Waals surface area contributed by atoms with Crippen molar-refractivity contribution in [2.45, 2.75) is 6.92 Å². The lowest BCUT2D eigenvalue weighted by atomic mass is 10.3. The summed E-state index contributed by atoms with van der Waals surface area (Å²) in [4.78, 5) is 24.4. The summed E-state index contributed by atoms with van der Waals surface area (Å²) in [5.41, 5.74) is 11.5. The number of nitrogens with zero attached hydrogens (tertiary/aromatic N) is 2. The van der Waals surface area contributed by atoms with Gasteiger partial charge in [0.1, 0.15) is 12.4 Å². The maximum Gasteiger partial charge on any atom is 0.471 e. The third kappa shape index (κ3) is 5.81. The van der Waals surface area contributed by atoms with Gasteiger partial charge in [-0.1, -0.05) is 0 Å². The summed E-state index contributed by atoms with van der Waals surface area (Å²) in [5, 5.41) is 0. The highest BCUT2D eigenvalue weighted by Crippen LogP contribution is 2.35. The summed E-state index contributed by atoms with van der Waals surface area (Å²) >= 11 is 0. The number of ether oxygens (including phenoxy) is 2. The fourth-order valence-corrected chi connectivity index (χ4v) is 1.24. The van der Waals surface area contributed by atoms with Crippen LogP contribution in [0.1, 0.15) is 5.56 Å². The molecule has 0 unspecified atom stereocenters. The van der Waals surface area contributed by atoms with E-state index < -0.39 is 14.6 Å². The van der Waals surface area contributed by atoms with Crippen molar-refractivity contribution in [2.75, 3.05) is 31.5 Å². The Morgan fingerprint density at radius 1 is 1.26 bits per heavy atom. The van der Waals surface area contributed by atoms with E-state index >= 15 is 0 Å². The second kappa shape index (κ2) is 6.64. The average Bonchev–Trinajstić information content (AvgIpc) is 2.28. The third-order valence-electron chi connectivity index (χ3n) is 1.93. The summed E-state index contributed by atoms with van der Waals surface area (Å²) in [7, 11) is -4.51. The van der Waals surface area contributed by atoms with Gasteiger partial charge in [-0.2, -0.15) is 9.97 Å². The molecule has 0 aliphatic rings. The Kier molecular flexibility index (Phi) is 5.45. The van der Waals surface area contributed by atoms with Gasteiger partial charge in [0.25, 0.3) is 0 Å². The first-order valence-electron chi connectivity index (χ1n) is 5.10. The SMILES string of the molecule is Cc1c(N)nc(N)nc1OCCOCOP(=O)(O)O. The van der Waals surface area contributed by atoms with Gasteiger partial charge in [0.2, 0.25) is 11.8 Å². The molecule has 6 N–H and O–H groups in total. The van der Waals surface area contributed by atoms with Crippen LogP contribution in [0, 0.1) is 6.92 Å². The lowest BCUT2D eigenvalue weighted by molar-refractivity contribution is -0.0126. The summed E-state index contributed by atoms with van der Waals surface area (Å²) < 4.78 is 24.4. The van der Waals surface area contributed by atoms with Crippen molar-refractivity contribution in [3.8, 4) is 5.88 Å². The predicted molar refractivity (Wildman–Crippen MR) is 65.0 cm³/mol. The van der Waals surface area contributed by atoms with Crippen molar-refractivity contribution in [3.05, 3.63) is 5.56 Å². The van der Waals surface area contributed by atoms with Crippen LogP contribution in [0.4, 0.5) is 11.8 Å². The van der Waals surface area contributed by atoms with Gasteiger partial charge in [-0.25, -0.2) is 4.57 Å². The second-order valence-electron chi connectivity index (χ2n) is 3.39. The molecule has 1 aromatic rings. The largest absolute Gasteiger partial charge is 0.475 e. The quantitative estimate of drug-likeness (QED) is 0.290. The molecule has 0 saturated heterocycles. The Hall–Kier alpha value is -1.45. The molecule has 0 aliphatic heterocycles. The molecule has 0 amide bonds. The van der Waals surface area contributed by atoms with Crippen LogP contribution in [0.2, 0.25) is 0 Å². The highest BCUT2D eigenvalue weighted by atomic mass is 31.2. The summed E-state index contributed by atoms with van der Waals surface area (Å²) in [6.07, 6.45) is 0. The molecule has 1 heterocycles. The molecule has 1 aromatic heterocycles. The maximum atomic E-state index is 10.3. The van der Waals surface area contributed by atoms with E-state index in [0.717, 1.165) is 0 Å². The number of phosphoric acid groups is 1. The van der Waals surface area contributed by atoms with Crippen LogP contribution in [0.3, 0.4) is 0 Å². The minimum Gasteiger partial charge on any atom is -0.475 e. The number of hydrogen-bond acceptors (Lipinski definition) is 8. The summed E-state index contributed by atoms with van der Waals surface area (Å²) in [6.45, 7) is 1.26. The van der Waals surface area contributed by atoms with Crippen LogP contribution in [0.5, 0.6) is 5.88 Å². The van der Waals surface area contributed by atoms with E-state index in [1.807, 2.05) is 0 Å². The molecule has 1 rings (SSSR count). The van der Waals surface area contributed by atoms with Crippen LogP contribution in [-0.4, -0.2) is 39.8 Å². The van der Waals surface area contributed by atoms with E-state index in [1.54, 1.807) is 6.92 Å². The van der Waals surface area contributed by atoms with Gasteiger partial charge in [-0.05, 0) is 6.92 Å². The van der Waals surface area contributed by atoms with Crippen LogP contribution in [0.25, 0.3) is 0 Å². The van der Waals surface area contributed by atoms with Crippen LogP contribution >= 0.6 is 7.82 Å². The molecule has 0 aromatic carbocycles. The van der Waals surface area contributed by atoms with Crippen molar-refractivity contribution in [1.29, 1.82) is 0 Å². The molecule has 108 valence electrons. The van der Waals surface area contributed by atoms with Crippen LogP contribution in [-0.2, 0) is 13.8 Å². The lowest BCUT2D eigenvalue weighted by Crippen LogP contribution is -2.12. The van der Waals surface area contributed by atoms with Crippen molar-refractivity contribution in [2.24, 2.45) is 0 Å². The monoisotopic (exact) mass is 294 g/mol. The van der Waals surface area contributed by atoms with Gasteiger partial charge < -0.3 is 30.7 Å². The van der Waals surface area contributed by atoms with Crippen molar-refractivity contribution in [3.63, 3.8) is 0 Å². The Labute approximate surface area is 108 Å². The molecular weight excluding hydrogens is 279 g/mol. The smallest absolute Gasteiger partial charge is 0.471 e. The number of aromatic nitrogens is 2. The highest BCUT2D eigenvalue weighted by Gasteiger charge is 2.13. The van der Waals surface area contributed by atoms with E-state index in [-0.39, 0.29) is 30.9 Å². The van der Waals surface area contributed by atoms with Gasteiger partial charge in [0.05, 0.1) is 12.2 Å². The van der Waals surface area contributed by atoms with Crippen LogP contribution in [0.15, 0.2) is 0 Å². The van der Waals surface area contributed by atoms with Gasteiger partial charge in [-0.15, -0.1) is 0 Å². The van der Waals surface area contributed by atoms with Gasteiger partial charge in [0, 0.05) is 0 Å². The average molecular weight is 294 g/mol. The fourth-order valence-electron chi connectivity index (χ4n) is 1.03. The molecule has 0 atom stereocenters. The zero-order valence-electron chi connectivity index (χ0n) is 10.1. The van der Waals surface area contributed by atoms with Crippen molar-refractivity contribution in [1.82, 2.24) is 9.97 Å². The number of nitrogens with two attached hydrogens (primary N) is 2.